The molecule has 0 saturated carbocycles. The van der Waals surface area contributed by atoms with Crippen LogP contribution in [0.25, 0.3) is 10.2 Å². The van der Waals surface area contributed by atoms with Gasteiger partial charge in [-0.2, -0.15) is 0 Å². The number of benzene rings is 1. The second-order valence-corrected chi connectivity index (χ2v) is 8.21. The molecule has 1 aromatic carbocycles. The lowest BCUT2D eigenvalue weighted by Gasteiger charge is -2.12. The molecule has 0 radical (unpaired) electrons. The van der Waals surface area contributed by atoms with E-state index < -0.39 is 10.9 Å². The maximum atomic E-state index is 12.7. The first-order chi connectivity index (χ1) is 15.0. The van der Waals surface area contributed by atoms with Crippen molar-refractivity contribution in [2.75, 3.05) is 24.2 Å². The Balaban J connectivity index is 1.56. The van der Waals surface area contributed by atoms with Crippen LogP contribution in [0, 0.1) is 10.1 Å². The Morgan fingerprint density at radius 2 is 2.13 bits per heavy atom. The van der Waals surface area contributed by atoms with Gasteiger partial charge in [0.15, 0.2) is 12.4 Å². The third-order valence-electron chi connectivity index (χ3n) is 5.08. The second kappa shape index (κ2) is 8.82. The Hall–Kier alpha value is -3.31. The van der Waals surface area contributed by atoms with Gasteiger partial charge < -0.3 is 20.9 Å². The molecule has 3 aromatic rings. The largest absolute Gasteiger partial charge is 0.454 e. The summed E-state index contributed by atoms with van der Waals surface area (Å²) in [5.41, 5.74) is 7.48. The van der Waals surface area contributed by atoms with Crippen molar-refractivity contribution in [1.29, 1.82) is 0 Å². The third-order valence-corrected chi connectivity index (χ3v) is 6.27. The molecule has 2 aromatic heterocycles. The number of rotatable bonds is 7. The molecule has 1 aliphatic rings. The summed E-state index contributed by atoms with van der Waals surface area (Å²) >= 11 is 1.60. The Morgan fingerprint density at radius 3 is 2.90 bits per heavy atom. The first-order valence-electron chi connectivity index (χ1n) is 9.85. The number of esters is 1. The fourth-order valence-corrected chi connectivity index (χ4v) is 4.95. The Bertz CT molecular complexity index is 1160. The summed E-state index contributed by atoms with van der Waals surface area (Å²) in [4.78, 5) is 34.0. The number of carbonyl (C=O) groups is 1. The van der Waals surface area contributed by atoms with Gasteiger partial charge in [-0.1, -0.05) is 0 Å². The van der Waals surface area contributed by atoms with Crippen LogP contribution in [0.15, 0.2) is 18.2 Å². The van der Waals surface area contributed by atoms with Gasteiger partial charge in [0.2, 0.25) is 0 Å². The molecule has 0 unspecified atom stereocenters. The van der Waals surface area contributed by atoms with Gasteiger partial charge in [-0.05, 0) is 37.3 Å². The van der Waals surface area contributed by atoms with Crippen molar-refractivity contribution in [2.45, 2.75) is 32.3 Å². The highest BCUT2D eigenvalue weighted by atomic mass is 32.1. The molecular weight excluding hydrogens is 422 g/mol. The fraction of sp³-hybridized carbons (Fsp3) is 0.350. The van der Waals surface area contributed by atoms with Crippen LogP contribution in [-0.4, -0.2) is 39.1 Å². The van der Waals surface area contributed by atoms with Gasteiger partial charge in [-0.15, -0.1) is 11.3 Å². The average molecular weight is 443 g/mol. The number of aromatic nitrogens is 2. The van der Waals surface area contributed by atoms with E-state index in [1.54, 1.807) is 11.3 Å². The predicted octanol–water partition coefficient (Wildman–Crippen LogP) is 2.82. The summed E-state index contributed by atoms with van der Waals surface area (Å²) in [6.07, 6.45) is 4.24. The minimum absolute atomic E-state index is 0.0108. The number of hydrogen-bond donors (Lipinski definition) is 3. The number of hydrogen-bond acceptors (Lipinski definition) is 10. The van der Waals surface area contributed by atoms with Crippen LogP contribution in [0.2, 0.25) is 0 Å². The molecule has 4 rings (SSSR count). The number of anilines is 2. The van der Waals surface area contributed by atoms with Crippen molar-refractivity contribution in [1.82, 2.24) is 9.97 Å². The number of aliphatic hydroxyl groups excluding tert-OH is 1. The highest BCUT2D eigenvalue weighted by molar-refractivity contribution is 7.19. The molecule has 0 bridgehead atoms. The minimum atomic E-state index is -0.767. The predicted molar refractivity (Wildman–Crippen MR) is 116 cm³/mol. The van der Waals surface area contributed by atoms with E-state index in [1.807, 2.05) is 0 Å². The number of thiophene rings is 1. The first kappa shape index (κ1) is 20.9. The molecule has 0 atom stereocenters. The van der Waals surface area contributed by atoms with E-state index in [1.165, 1.54) is 22.6 Å². The molecule has 4 N–H and O–H groups in total. The quantitative estimate of drug-likeness (QED) is 0.284. The number of non-ortho nitro benzene ring substituents is 1. The van der Waals surface area contributed by atoms with Gasteiger partial charge in [-0.3, -0.25) is 10.1 Å². The first-order valence-corrected chi connectivity index (χ1v) is 10.7. The van der Waals surface area contributed by atoms with E-state index in [4.69, 9.17) is 15.6 Å². The van der Waals surface area contributed by atoms with Gasteiger partial charge in [0.1, 0.15) is 10.6 Å². The number of ether oxygens (including phenoxy) is 1. The van der Waals surface area contributed by atoms with Gasteiger partial charge in [0.05, 0.1) is 22.5 Å². The smallest absolute Gasteiger partial charge is 0.340 e. The molecule has 0 aliphatic heterocycles. The Kier molecular flexibility index (Phi) is 5.96. The van der Waals surface area contributed by atoms with Gasteiger partial charge in [0, 0.05) is 29.2 Å². The SMILES string of the molecule is Nc1nc(COC(=O)c2cc([N+](=O)[O-])ccc2NCCO)nc2sc3c(c12)CCCC3. The highest BCUT2D eigenvalue weighted by Gasteiger charge is 2.22. The topological polar surface area (TPSA) is 154 Å². The van der Waals surface area contributed by atoms with Crippen LogP contribution in [-0.2, 0) is 24.2 Å². The molecule has 0 fully saturated rings. The van der Waals surface area contributed by atoms with Gasteiger partial charge >= 0.3 is 5.97 Å². The molecular formula is C20H21N5O5S. The zero-order valence-electron chi connectivity index (χ0n) is 16.6. The van der Waals surface area contributed by atoms with Crippen molar-refractivity contribution in [3.05, 3.63) is 50.1 Å². The van der Waals surface area contributed by atoms with Crippen molar-refractivity contribution >= 4 is 44.7 Å². The van der Waals surface area contributed by atoms with E-state index in [0.717, 1.165) is 42.0 Å². The number of nitrogens with zero attached hydrogens (tertiary/aromatic N) is 3. The van der Waals surface area contributed by atoms with Crippen LogP contribution in [0.1, 0.15) is 39.5 Å². The second-order valence-electron chi connectivity index (χ2n) is 7.13. The number of aryl methyl sites for hydroxylation is 2. The molecule has 0 spiro atoms. The lowest BCUT2D eigenvalue weighted by Crippen LogP contribution is -2.13. The van der Waals surface area contributed by atoms with Crippen LogP contribution in [0.4, 0.5) is 17.2 Å². The summed E-state index contributed by atoms with van der Waals surface area (Å²) in [6.45, 7) is -0.204. The molecule has 31 heavy (non-hydrogen) atoms. The summed E-state index contributed by atoms with van der Waals surface area (Å²) in [5, 5.41) is 23.8. The monoisotopic (exact) mass is 443 g/mol. The number of nitro groups is 1. The summed E-state index contributed by atoms with van der Waals surface area (Å²) in [5.74, 6) is -0.125. The van der Waals surface area contributed by atoms with Gasteiger partial charge in [-0.25, -0.2) is 14.8 Å². The number of nitrogens with one attached hydrogen (secondary N) is 1. The number of aliphatic hydroxyl groups is 1. The van der Waals surface area contributed by atoms with Gasteiger partial charge in [0.25, 0.3) is 5.69 Å². The standard InChI is InChI=1S/C20H21N5O5S/c21-18-17-12-3-1-2-4-15(12)31-19(17)24-16(23-18)10-30-20(27)13-9-11(25(28)29)5-6-14(13)22-7-8-26/h5-6,9,22,26H,1-4,7-8,10H2,(H2,21,23,24). The molecule has 2 heterocycles. The molecule has 1 aliphatic carbocycles. The van der Waals surface area contributed by atoms with Crippen molar-refractivity contribution < 1.29 is 19.6 Å². The van der Waals surface area contributed by atoms with E-state index in [0.29, 0.717) is 11.5 Å². The maximum absolute atomic E-state index is 12.7. The fourth-order valence-electron chi connectivity index (χ4n) is 3.66. The maximum Gasteiger partial charge on any atom is 0.340 e. The Morgan fingerprint density at radius 1 is 1.32 bits per heavy atom. The average Bonchev–Trinajstić information content (AvgIpc) is 3.14. The molecule has 0 saturated heterocycles. The van der Waals surface area contributed by atoms with Crippen LogP contribution in [0.3, 0.4) is 0 Å². The number of fused-ring (bicyclic) bond motifs is 3. The molecule has 0 amide bonds. The zero-order chi connectivity index (χ0) is 22.0. The lowest BCUT2D eigenvalue weighted by molar-refractivity contribution is -0.384. The summed E-state index contributed by atoms with van der Waals surface area (Å²) in [6, 6.07) is 3.81. The molecule has 11 heteroatoms. The minimum Gasteiger partial charge on any atom is -0.454 e. The zero-order valence-corrected chi connectivity index (χ0v) is 17.4. The highest BCUT2D eigenvalue weighted by Crippen LogP contribution is 2.37. The van der Waals surface area contributed by atoms with Crippen molar-refractivity contribution in [3.8, 4) is 0 Å². The lowest BCUT2D eigenvalue weighted by atomic mass is 9.97. The van der Waals surface area contributed by atoms with Crippen molar-refractivity contribution in [2.24, 2.45) is 0 Å². The number of nitrogens with two attached hydrogens (primary N) is 1. The van der Waals surface area contributed by atoms with E-state index >= 15 is 0 Å². The summed E-state index contributed by atoms with van der Waals surface area (Å²) in [7, 11) is 0. The molecule has 162 valence electrons. The third kappa shape index (κ3) is 4.28. The number of nitro benzene ring substituents is 1. The van der Waals surface area contributed by atoms with Crippen LogP contribution < -0.4 is 11.1 Å². The number of nitrogen functional groups attached to an aromatic ring is 1. The van der Waals surface area contributed by atoms with Crippen molar-refractivity contribution in [3.63, 3.8) is 0 Å². The van der Waals surface area contributed by atoms with E-state index in [-0.39, 0.29) is 36.8 Å². The summed E-state index contributed by atoms with van der Waals surface area (Å²) < 4.78 is 5.34. The molecule has 10 nitrogen and oxygen atoms in total. The Labute approximate surface area is 181 Å². The van der Waals surface area contributed by atoms with E-state index in [2.05, 4.69) is 15.3 Å². The van der Waals surface area contributed by atoms with E-state index in [9.17, 15) is 14.9 Å². The van der Waals surface area contributed by atoms with Crippen LogP contribution in [0.5, 0.6) is 0 Å². The normalized spacial score (nSPS) is 13.1. The number of carbonyl (C=O) groups excluding carboxylic acids is 1. The van der Waals surface area contributed by atoms with Crippen LogP contribution >= 0.6 is 11.3 Å².